The molecule has 0 spiro atoms. The van der Waals surface area contributed by atoms with Crippen LogP contribution in [0.25, 0.3) is 0 Å². The smallest absolute Gasteiger partial charge is 0.238 e. The third-order valence-corrected chi connectivity index (χ3v) is 5.66. The number of para-hydroxylation sites is 1. The van der Waals surface area contributed by atoms with E-state index in [2.05, 4.69) is 10.6 Å². The quantitative estimate of drug-likeness (QED) is 0.882. The standard InChI is InChI=1S/C19H21N3O2S/c1-12(17-19(24)21-15-6-4-5-7-16(15)25-17)18(23)20-13-8-10-14(11-9-13)22(2)3/h4-12,17H,1-3H3,(H,20,23)(H,21,24). The molecule has 0 saturated carbocycles. The summed E-state index contributed by atoms with van der Waals surface area (Å²) in [5.41, 5.74) is 2.59. The van der Waals surface area contributed by atoms with Crippen LogP contribution >= 0.6 is 11.8 Å². The van der Waals surface area contributed by atoms with E-state index in [1.165, 1.54) is 11.8 Å². The predicted molar refractivity (Wildman–Crippen MR) is 103 cm³/mol. The molecule has 2 amide bonds. The molecule has 0 radical (unpaired) electrons. The number of hydrogen-bond donors (Lipinski definition) is 2. The van der Waals surface area contributed by atoms with Crippen molar-refractivity contribution in [2.24, 2.45) is 5.92 Å². The van der Waals surface area contributed by atoms with Crippen LogP contribution in [0.1, 0.15) is 6.92 Å². The number of benzene rings is 2. The zero-order valence-electron chi connectivity index (χ0n) is 14.4. The first-order valence-electron chi connectivity index (χ1n) is 8.10. The number of nitrogens with one attached hydrogen (secondary N) is 2. The Balaban J connectivity index is 1.69. The largest absolute Gasteiger partial charge is 0.378 e. The van der Waals surface area contributed by atoms with E-state index in [1.54, 1.807) is 6.92 Å². The molecule has 6 heteroatoms. The molecule has 2 aromatic rings. The number of amides is 2. The number of carbonyl (C=O) groups is 2. The number of hydrogen-bond acceptors (Lipinski definition) is 4. The Labute approximate surface area is 151 Å². The molecule has 0 saturated heterocycles. The van der Waals surface area contributed by atoms with E-state index in [0.29, 0.717) is 0 Å². The Hall–Kier alpha value is -2.47. The van der Waals surface area contributed by atoms with Crippen molar-refractivity contribution in [3.63, 3.8) is 0 Å². The lowest BCUT2D eigenvalue weighted by Gasteiger charge is -2.27. The fraction of sp³-hybridized carbons (Fsp3) is 0.263. The zero-order valence-corrected chi connectivity index (χ0v) is 15.3. The summed E-state index contributed by atoms with van der Waals surface area (Å²) >= 11 is 1.44. The maximum Gasteiger partial charge on any atom is 0.238 e. The highest BCUT2D eigenvalue weighted by Gasteiger charge is 2.35. The second-order valence-corrected chi connectivity index (χ2v) is 7.43. The number of nitrogens with zero attached hydrogens (tertiary/aromatic N) is 1. The summed E-state index contributed by atoms with van der Waals surface area (Å²) in [7, 11) is 3.93. The number of fused-ring (bicyclic) bond motifs is 1. The van der Waals surface area contributed by atoms with E-state index in [-0.39, 0.29) is 11.8 Å². The first-order valence-corrected chi connectivity index (χ1v) is 8.98. The van der Waals surface area contributed by atoms with Crippen molar-refractivity contribution in [3.8, 4) is 0 Å². The highest BCUT2D eigenvalue weighted by Crippen LogP contribution is 2.38. The third kappa shape index (κ3) is 3.79. The van der Waals surface area contributed by atoms with Crippen molar-refractivity contribution in [2.45, 2.75) is 17.1 Å². The van der Waals surface area contributed by atoms with E-state index >= 15 is 0 Å². The molecule has 1 aliphatic heterocycles. The van der Waals surface area contributed by atoms with Crippen LogP contribution in [0.4, 0.5) is 17.1 Å². The minimum absolute atomic E-state index is 0.130. The van der Waals surface area contributed by atoms with Gasteiger partial charge in [-0.05, 0) is 36.4 Å². The first-order chi connectivity index (χ1) is 12.0. The minimum atomic E-state index is -0.452. The van der Waals surface area contributed by atoms with Crippen LogP contribution in [0.15, 0.2) is 53.4 Å². The first kappa shape index (κ1) is 17.4. The molecule has 0 fully saturated rings. The molecule has 2 N–H and O–H groups in total. The fourth-order valence-electron chi connectivity index (χ4n) is 2.63. The lowest BCUT2D eigenvalue weighted by molar-refractivity contribution is -0.123. The summed E-state index contributed by atoms with van der Waals surface area (Å²) in [5, 5.41) is 5.33. The zero-order chi connectivity index (χ0) is 18.0. The molecule has 25 heavy (non-hydrogen) atoms. The van der Waals surface area contributed by atoms with E-state index in [4.69, 9.17) is 0 Å². The molecule has 2 aromatic carbocycles. The van der Waals surface area contributed by atoms with Crippen molar-refractivity contribution < 1.29 is 9.59 Å². The topological polar surface area (TPSA) is 61.4 Å². The molecule has 3 rings (SSSR count). The van der Waals surface area contributed by atoms with Gasteiger partial charge in [0.05, 0.1) is 16.9 Å². The Morgan fingerprint density at radius 2 is 1.84 bits per heavy atom. The molecule has 2 atom stereocenters. The number of rotatable bonds is 4. The van der Waals surface area contributed by atoms with Gasteiger partial charge in [0.15, 0.2) is 0 Å². The summed E-state index contributed by atoms with van der Waals surface area (Å²) in [6.45, 7) is 1.79. The van der Waals surface area contributed by atoms with Crippen molar-refractivity contribution in [2.75, 3.05) is 29.6 Å². The lowest BCUT2D eigenvalue weighted by Crippen LogP contribution is -2.39. The SMILES string of the molecule is CC(C(=O)Nc1ccc(N(C)C)cc1)C1Sc2ccccc2NC1=O. The number of anilines is 3. The van der Waals surface area contributed by atoms with E-state index in [0.717, 1.165) is 22.0 Å². The van der Waals surface area contributed by atoms with Gasteiger partial charge in [0.2, 0.25) is 11.8 Å². The van der Waals surface area contributed by atoms with Gasteiger partial charge in [-0.2, -0.15) is 0 Å². The van der Waals surface area contributed by atoms with Crippen LogP contribution in [0.3, 0.4) is 0 Å². The number of thioether (sulfide) groups is 1. The van der Waals surface area contributed by atoms with E-state index in [9.17, 15) is 9.59 Å². The molecule has 130 valence electrons. The van der Waals surface area contributed by atoms with Crippen LogP contribution in [-0.2, 0) is 9.59 Å². The highest BCUT2D eigenvalue weighted by molar-refractivity contribution is 8.01. The van der Waals surface area contributed by atoms with E-state index in [1.807, 2.05) is 67.5 Å². The Bertz CT molecular complexity index is 790. The van der Waals surface area contributed by atoms with Gasteiger partial charge in [0.1, 0.15) is 0 Å². The van der Waals surface area contributed by atoms with Gasteiger partial charge in [-0.1, -0.05) is 19.1 Å². The molecule has 0 aromatic heterocycles. The third-order valence-electron chi connectivity index (χ3n) is 4.18. The van der Waals surface area contributed by atoms with Crippen molar-refractivity contribution in [1.82, 2.24) is 0 Å². The summed E-state index contributed by atoms with van der Waals surface area (Å²) in [6, 6.07) is 15.2. The van der Waals surface area contributed by atoms with Crippen LogP contribution in [-0.4, -0.2) is 31.2 Å². The van der Waals surface area contributed by atoms with Gasteiger partial charge >= 0.3 is 0 Å². The van der Waals surface area contributed by atoms with Gasteiger partial charge in [-0.25, -0.2) is 0 Å². The van der Waals surface area contributed by atoms with Crippen molar-refractivity contribution in [3.05, 3.63) is 48.5 Å². The van der Waals surface area contributed by atoms with Gasteiger partial charge in [-0.3, -0.25) is 9.59 Å². The Morgan fingerprint density at radius 3 is 2.52 bits per heavy atom. The van der Waals surface area contributed by atoms with E-state index < -0.39 is 11.2 Å². The van der Waals surface area contributed by atoms with Crippen LogP contribution in [0.2, 0.25) is 0 Å². The van der Waals surface area contributed by atoms with Gasteiger partial charge in [0, 0.05) is 30.4 Å². The summed E-state index contributed by atoms with van der Waals surface area (Å²) in [4.78, 5) is 27.9. The molecule has 1 heterocycles. The summed E-state index contributed by atoms with van der Waals surface area (Å²) in [5.74, 6) is -0.745. The fourth-order valence-corrected chi connectivity index (χ4v) is 3.80. The van der Waals surface area contributed by atoms with Crippen LogP contribution < -0.4 is 15.5 Å². The normalized spacial score (nSPS) is 17.2. The van der Waals surface area contributed by atoms with Gasteiger partial charge in [0.25, 0.3) is 0 Å². The molecule has 1 aliphatic rings. The average molecular weight is 355 g/mol. The molecule has 0 aliphatic carbocycles. The molecule has 5 nitrogen and oxygen atoms in total. The maximum atomic E-state index is 12.6. The molecular formula is C19H21N3O2S. The second-order valence-electron chi connectivity index (χ2n) is 6.24. The van der Waals surface area contributed by atoms with Crippen molar-refractivity contribution in [1.29, 1.82) is 0 Å². The van der Waals surface area contributed by atoms with Gasteiger partial charge in [-0.15, -0.1) is 11.8 Å². The summed E-state index contributed by atoms with van der Waals surface area (Å²) in [6.07, 6.45) is 0. The molecular weight excluding hydrogens is 334 g/mol. The lowest BCUT2D eigenvalue weighted by atomic mass is 10.1. The monoisotopic (exact) mass is 355 g/mol. The maximum absolute atomic E-state index is 12.6. The summed E-state index contributed by atoms with van der Waals surface area (Å²) < 4.78 is 0. The number of carbonyl (C=O) groups excluding carboxylic acids is 2. The second kappa shape index (κ2) is 7.19. The Kier molecular flexibility index (Phi) is 4.99. The highest BCUT2D eigenvalue weighted by atomic mass is 32.2. The van der Waals surface area contributed by atoms with Crippen LogP contribution in [0.5, 0.6) is 0 Å². The van der Waals surface area contributed by atoms with Gasteiger partial charge < -0.3 is 15.5 Å². The molecule has 2 unspecified atom stereocenters. The Morgan fingerprint density at radius 1 is 1.16 bits per heavy atom. The van der Waals surface area contributed by atoms with Crippen molar-refractivity contribution >= 4 is 40.6 Å². The molecule has 0 bridgehead atoms. The predicted octanol–water partition coefficient (Wildman–Crippen LogP) is 3.44. The van der Waals surface area contributed by atoms with Crippen LogP contribution in [0, 0.1) is 5.92 Å². The minimum Gasteiger partial charge on any atom is -0.378 e. The average Bonchev–Trinajstić information content (AvgIpc) is 2.61.